The van der Waals surface area contributed by atoms with Crippen LogP contribution in [0.25, 0.3) is 67.7 Å². The molecule has 8 aromatic rings. The van der Waals surface area contributed by atoms with E-state index >= 15 is 0 Å². The van der Waals surface area contributed by atoms with Gasteiger partial charge in [0.05, 0.1) is 19.8 Å². The number of pyridine rings is 1. The van der Waals surface area contributed by atoms with E-state index in [0.717, 1.165) is 37.1 Å². The van der Waals surface area contributed by atoms with Gasteiger partial charge in [0.25, 0.3) is 0 Å². The maximum atomic E-state index is 12.1. The van der Waals surface area contributed by atoms with Crippen LogP contribution in [-0.2, 0) is 53.2 Å². The summed E-state index contributed by atoms with van der Waals surface area (Å²) in [4.78, 5) is 7.05. The Hall–Kier alpha value is -6.49. The van der Waals surface area contributed by atoms with E-state index in [4.69, 9.17) is 0 Å². The van der Waals surface area contributed by atoms with Crippen molar-refractivity contribution in [3.63, 3.8) is 0 Å². The Morgan fingerprint density at radius 3 is 1.62 bits per heavy atom. The molecule has 0 saturated heterocycles. The summed E-state index contributed by atoms with van der Waals surface area (Å²) in [6.07, 6.45) is 21.7. The van der Waals surface area contributed by atoms with Gasteiger partial charge in [-0.1, -0.05) is 78.9 Å². The molecule has 0 unspecified atom stereocenters. The van der Waals surface area contributed by atoms with Gasteiger partial charge in [0.2, 0.25) is 12.7 Å². The zero-order chi connectivity index (χ0) is 43.7. The molecule has 4 aliphatic carbocycles. The van der Waals surface area contributed by atoms with Crippen LogP contribution in [0.3, 0.4) is 0 Å². The molecule has 0 atom stereocenters. The molecule has 4 aromatic carbocycles. The predicted molar refractivity (Wildman–Crippen MR) is 237 cm³/mol. The van der Waals surface area contributed by atoms with Gasteiger partial charge < -0.3 is 28.4 Å². The van der Waals surface area contributed by atoms with Gasteiger partial charge in [0.1, 0.15) is 5.82 Å². The molecule has 0 bridgehead atoms. The standard InChI is InChI=1S/2C22H19N2.C8H4F3N4.Ir/c2*1-14-15(2)24(13-23(14)3)20-12-10-18-8-7-16-5-4-6-17-9-11-19(20)22(18)21(16)17;9-8(10,11)7-13-6(14-15-7)5-3-1-2-4-12-5;/h2*4,6-7,9-11H,5,8H2,1-3H3;1-4H;/q3*-1;. The molecule has 12 heteroatoms. The van der Waals surface area contributed by atoms with Crippen LogP contribution in [0.15, 0.2) is 85.1 Å². The predicted octanol–water partition coefficient (Wildman–Crippen LogP) is 9.57. The number of aromatic nitrogens is 8. The van der Waals surface area contributed by atoms with Crippen molar-refractivity contribution in [1.29, 1.82) is 0 Å². The van der Waals surface area contributed by atoms with Crippen molar-refractivity contribution in [1.82, 2.24) is 29.3 Å². The number of allylic oxidation sites excluding steroid dienone is 6. The van der Waals surface area contributed by atoms with Crippen LogP contribution in [0.2, 0.25) is 0 Å². The Labute approximate surface area is 383 Å². The molecular weight excluding hydrogens is 986 g/mol. The maximum absolute atomic E-state index is 12.1. The van der Waals surface area contributed by atoms with Gasteiger partial charge in [0, 0.05) is 49.1 Å². The van der Waals surface area contributed by atoms with Gasteiger partial charge in [-0.3, -0.25) is 10.1 Å². The van der Waals surface area contributed by atoms with Gasteiger partial charge in [-0.05, 0) is 91.9 Å². The monoisotopic (exact) mass is 1030 g/mol. The van der Waals surface area contributed by atoms with E-state index in [9.17, 15) is 13.2 Å². The molecule has 4 aliphatic rings. The third kappa shape index (κ3) is 7.28. The minimum Gasteiger partial charge on any atom is -0.413 e. The van der Waals surface area contributed by atoms with Crippen molar-refractivity contribution < 1.29 is 42.4 Å². The molecule has 0 amide bonds. The number of benzene rings is 4. The second kappa shape index (κ2) is 16.6. The smallest absolute Gasteiger partial charge is 0.413 e. The summed E-state index contributed by atoms with van der Waals surface area (Å²) in [5.74, 6) is -1.37. The van der Waals surface area contributed by atoms with Crippen LogP contribution in [-0.4, -0.2) is 24.2 Å². The summed E-state index contributed by atoms with van der Waals surface area (Å²) in [6, 6.07) is 25.2. The minimum atomic E-state index is -4.57. The Morgan fingerprint density at radius 1 is 0.688 bits per heavy atom. The number of aryl methyl sites for hydroxylation is 2. The van der Waals surface area contributed by atoms with Crippen molar-refractivity contribution in [2.75, 3.05) is 0 Å². The van der Waals surface area contributed by atoms with Crippen LogP contribution in [0.5, 0.6) is 0 Å². The number of nitrogens with zero attached hydrogens (tertiary/aromatic N) is 8. The first-order valence-corrected chi connectivity index (χ1v) is 20.9. The summed E-state index contributed by atoms with van der Waals surface area (Å²) < 4.78 is 44.8. The molecule has 8 nitrogen and oxygen atoms in total. The van der Waals surface area contributed by atoms with E-state index in [0.29, 0.717) is 0 Å². The summed E-state index contributed by atoms with van der Waals surface area (Å²) in [6.45, 7) is 8.57. The van der Waals surface area contributed by atoms with Crippen molar-refractivity contribution in [3.8, 4) is 22.9 Å². The van der Waals surface area contributed by atoms with Gasteiger partial charge in [-0.25, -0.2) is 0 Å². The molecule has 323 valence electrons. The number of imidazole rings is 2. The average Bonchev–Trinajstić information content (AvgIpc) is 3.98. The molecular formula is C52H42F3IrN8-3. The summed E-state index contributed by atoms with van der Waals surface area (Å²) >= 11 is 0. The Balaban J connectivity index is 0.000000124. The van der Waals surface area contributed by atoms with Crippen LogP contribution < -0.4 is 14.2 Å². The van der Waals surface area contributed by atoms with E-state index < -0.39 is 12.0 Å². The number of halogens is 3. The van der Waals surface area contributed by atoms with E-state index in [1.807, 2.05) is 14.1 Å². The van der Waals surface area contributed by atoms with Crippen LogP contribution >= 0.6 is 0 Å². The molecule has 0 spiro atoms. The Morgan fingerprint density at radius 2 is 1.20 bits per heavy atom. The number of alkyl halides is 3. The van der Waals surface area contributed by atoms with Gasteiger partial charge >= 0.3 is 6.18 Å². The molecule has 64 heavy (non-hydrogen) atoms. The SMILES string of the molecule is Cc1c(C)[n+](C)[c-]n1-c1[c-]cc2c3c4c(ccc13)C=CCC4=CC2.Cc1c(C)[n+](C)[c-]n1-c1[c-]cc2c3c4c(ccc13)C=CCC4=CC2.FC(F)(F)c1n[n-]c(-c2ccccn2)n1.[Ir]. The van der Waals surface area contributed by atoms with Crippen molar-refractivity contribution in [2.45, 2.75) is 59.6 Å². The van der Waals surface area contributed by atoms with Crippen molar-refractivity contribution in [2.24, 2.45) is 14.1 Å². The van der Waals surface area contributed by atoms with E-state index in [-0.39, 0.29) is 31.6 Å². The zero-order valence-corrected chi connectivity index (χ0v) is 38.5. The van der Waals surface area contributed by atoms with Crippen LogP contribution in [0.4, 0.5) is 13.2 Å². The van der Waals surface area contributed by atoms with Crippen LogP contribution in [0.1, 0.15) is 74.8 Å². The van der Waals surface area contributed by atoms with Crippen molar-refractivity contribution in [3.05, 3.63) is 172 Å². The molecule has 0 fully saturated rings. The number of rotatable bonds is 3. The second-order valence-corrected chi connectivity index (χ2v) is 16.3. The first kappa shape index (κ1) is 42.8. The average molecular weight is 1030 g/mol. The molecule has 12 rings (SSSR count). The van der Waals surface area contributed by atoms with Crippen LogP contribution in [0, 0.1) is 52.5 Å². The quantitative estimate of drug-likeness (QED) is 0.131. The summed E-state index contributed by atoms with van der Waals surface area (Å²) in [5, 5.41) is 11.6. The second-order valence-electron chi connectivity index (χ2n) is 16.3. The fraction of sp³-hybridized carbons (Fsp3) is 0.212. The third-order valence-corrected chi connectivity index (χ3v) is 12.7. The molecule has 0 aliphatic heterocycles. The number of hydrogen-bond donors (Lipinski definition) is 0. The molecule has 0 N–H and O–H groups in total. The zero-order valence-electron chi connectivity index (χ0n) is 36.1. The van der Waals surface area contributed by atoms with E-state index in [1.54, 1.807) is 12.1 Å². The van der Waals surface area contributed by atoms with Gasteiger partial charge in [-0.2, -0.15) is 37.4 Å². The molecule has 1 radical (unpaired) electrons. The van der Waals surface area contributed by atoms with E-state index in [1.165, 1.54) is 101 Å². The Kier molecular flexibility index (Phi) is 11.1. The fourth-order valence-corrected chi connectivity index (χ4v) is 9.05. The summed E-state index contributed by atoms with van der Waals surface area (Å²) in [7, 11) is 4.10. The van der Waals surface area contributed by atoms with Crippen molar-refractivity contribution >= 4 is 44.8 Å². The molecule has 0 saturated carbocycles. The first-order valence-electron chi connectivity index (χ1n) is 20.9. The fourth-order valence-electron chi connectivity index (χ4n) is 9.05. The molecule has 4 heterocycles. The molecule has 4 aromatic heterocycles. The largest absolute Gasteiger partial charge is 0.429 e. The summed E-state index contributed by atoms with van der Waals surface area (Å²) in [5.41, 5.74) is 18.6. The third-order valence-electron chi connectivity index (χ3n) is 12.7. The minimum absolute atomic E-state index is 0. The Bertz CT molecular complexity index is 3110. The maximum Gasteiger partial charge on any atom is 0.429 e. The van der Waals surface area contributed by atoms with Gasteiger partial charge in [0.15, 0.2) is 0 Å². The topological polar surface area (TPSA) is 70.4 Å². The number of hydrogen-bond acceptors (Lipinski definition) is 3. The normalized spacial score (nSPS) is 14.0. The first-order chi connectivity index (χ1) is 30.4. The van der Waals surface area contributed by atoms with Gasteiger partial charge in [-0.15, -0.1) is 44.8 Å². The van der Waals surface area contributed by atoms with E-state index in [2.05, 4.69) is 164 Å².